The van der Waals surface area contributed by atoms with Crippen LogP contribution in [0.2, 0.25) is 0 Å². The van der Waals surface area contributed by atoms with E-state index in [1.54, 1.807) is 4.90 Å². The monoisotopic (exact) mass is 668 g/mol. The first kappa shape index (κ1) is 39.0. The molecule has 0 bridgehead atoms. The van der Waals surface area contributed by atoms with E-state index in [0.29, 0.717) is 51.6 Å². The zero-order valence-corrected chi connectivity index (χ0v) is 29.9. The van der Waals surface area contributed by atoms with Crippen LogP contribution in [0.25, 0.3) is 0 Å². The van der Waals surface area contributed by atoms with Gasteiger partial charge in [0, 0.05) is 6.54 Å². The zero-order valence-electron chi connectivity index (χ0n) is 29.9. The smallest absolute Gasteiger partial charge is 0.408 e. The van der Waals surface area contributed by atoms with E-state index in [1.165, 1.54) is 0 Å². The summed E-state index contributed by atoms with van der Waals surface area (Å²) in [5, 5.41) is 5.92. The van der Waals surface area contributed by atoms with E-state index in [4.69, 9.17) is 15.2 Å². The second kappa shape index (κ2) is 19.6. The molecule has 1 aliphatic carbocycles. The SMILES string of the molecule is CC(C)C[C@@H](/C=C/[C@H](Cc1ccccc1)C(=O)N1CCC[C@@H]1C(=O)NC(CCCCN)C(=O)OC1CCCCC1)NC(=O)OC(C)(C)C. The molecular formula is C38H60N4O6. The molecule has 0 radical (unpaired) electrons. The molecule has 1 unspecified atom stereocenters. The van der Waals surface area contributed by atoms with Gasteiger partial charge < -0.3 is 30.7 Å². The van der Waals surface area contributed by atoms with E-state index in [2.05, 4.69) is 24.5 Å². The Balaban J connectivity index is 1.79. The number of carbonyl (C=O) groups is 4. The molecule has 1 heterocycles. The van der Waals surface area contributed by atoms with Crippen LogP contribution in [0.4, 0.5) is 4.79 Å². The van der Waals surface area contributed by atoms with Crippen LogP contribution in [-0.4, -0.2) is 71.7 Å². The number of hydrogen-bond acceptors (Lipinski definition) is 7. The molecule has 3 rings (SSSR count). The Kier molecular flexibility index (Phi) is 15.9. The third kappa shape index (κ3) is 13.6. The first-order valence-corrected chi connectivity index (χ1v) is 18.1. The van der Waals surface area contributed by atoms with Crippen molar-refractivity contribution < 1.29 is 28.7 Å². The molecule has 2 aliphatic rings. The molecule has 0 spiro atoms. The number of benzene rings is 1. The Morgan fingerprint density at radius 2 is 1.67 bits per heavy atom. The van der Waals surface area contributed by atoms with Crippen LogP contribution in [0, 0.1) is 11.8 Å². The van der Waals surface area contributed by atoms with E-state index >= 15 is 0 Å². The number of hydrogen-bond donors (Lipinski definition) is 3. The highest BCUT2D eigenvalue weighted by atomic mass is 16.6. The summed E-state index contributed by atoms with van der Waals surface area (Å²) in [5.41, 5.74) is 6.07. The Hall–Kier alpha value is -3.40. The first-order valence-electron chi connectivity index (χ1n) is 18.1. The summed E-state index contributed by atoms with van der Waals surface area (Å²) in [4.78, 5) is 55.6. The van der Waals surface area contributed by atoms with Gasteiger partial charge in [-0.25, -0.2) is 9.59 Å². The number of amides is 3. The Labute approximate surface area is 287 Å². The number of esters is 1. The van der Waals surface area contributed by atoms with Crippen LogP contribution >= 0.6 is 0 Å². The summed E-state index contributed by atoms with van der Waals surface area (Å²) in [6, 6.07) is 7.98. The van der Waals surface area contributed by atoms with Gasteiger partial charge in [-0.15, -0.1) is 0 Å². The molecule has 4 atom stereocenters. The van der Waals surface area contributed by atoms with Crippen LogP contribution in [0.5, 0.6) is 0 Å². The summed E-state index contributed by atoms with van der Waals surface area (Å²) >= 11 is 0. The number of unbranched alkanes of at least 4 members (excludes halogenated alkanes) is 1. The number of rotatable bonds is 16. The molecule has 1 aliphatic heterocycles. The van der Waals surface area contributed by atoms with Crippen molar-refractivity contribution >= 4 is 23.9 Å². The molecule has 10 heteroatoms. The number of nitrogens with one attached hydrogen (secondary N) is 2. The van der Waals surface area contributed by atoms with Crippen molar-refractivity contribution in [2.24, 2.45) is 17.6 Å². The molecule has 1 saturated carbocycles. The standard InChI is InChI=1S/C38H60N4O6/c1-27(2)25-30(40-37(46)48-38(3,4)5)22-21-29(26-28-15-8-6-9-16-28)35(44)42-24-14-20-33(42)34(43)41-32(19-12-13-23-39)36(45)47-31-17-10-7-11-18-31/h6,8-9,15-16,21-22,27,29-33H,7,10-14,17-20,23-26,39H2,1-5H3,(H,40,46)(H,41,43)/b22-21+/t29-,30-,32?,33-/m1/s1. The zero-order chi connectivity index (χ0) is 35.1. The van der Waals surface area contributed by atoms with Gasteiger partial charge in [-0.1, -0.05) is 62.8 Å². The van der Waals surface area contributed by atoms with Crippen molar-refractivity contribution in [1.82, 2.24) is 15.5 Å². The second-order valence-electron chi connectivity index (χ2n) is 14.8. The predicted octanol–water partition coefficient (Wildman–Crippen LogP) is 5.82. The molecule has 1 aromatic rings. The summed E-state index contributed by atoms with van der Waals surface area (Å²) < 4.78 is 11.3. The largest absolute Gasteiger partial charge is 0.461 e. The molecule has 4 N–H and O–H groups in total. The van der Waals surface area contributed by atoms with E-state index in [-0.39, 0.29) is 29.9 Å². The number of alkyl carbamates (subject to hydrolysis) is 1. The van der Waals surface area contributed by atoms with Crippen LogP contribution in [0.3, 0.4) is 0 Å². The van der Waals surface area contributed by atoms with E-state index in [9.17, 15) is 19.2 Å². The molecule has 10 nitrogen and oxygen atoms in total. The second-order valence-corrected chi connectivity index (χ2v) is 14.8. The lowest BCUT2D eigenvalue weighted by molar-refractivity contribution is -0.155. The third-order valence-electron chi connectivity index (χ3n) is 8.84. The maximum absolute atomic E-state index is 14.3. The molecule has 48 heavy (non-hydrogen) atoms. The minimum Gasteiger partial charge on any atom is -0.461 e. The average molecular weight is 669 g/mol. The highest BCUT2D eigenvalue weighted by Crippen LogP contribution is 2.25. The fraction of sp³-hybridized carbons (Fsp3) is 0.684. The van der Waals surface area contributed by atoms with Gasteiger partial charge in [-0.2, -0.15) is 0 Å². The first-order chi connectivity index (χ1) is 22.9. The van der Waals surface area contributed by atoms with E-state index < -0.39 is 35.7 Å². The number of carbonyl (C=O) groups excluding carboxylic acids is 4. The molecule has 1 aromatic carbocycles. The topological polar surface area (TPSA) is 140 Å². The summed E-state index contributed by atoms with van der Waals surface area (Å²) in [6.45, 7) is 10.6. The van der Waals surface area contributed by atoms with Gasteiger partial charge in [0.05, 0.1) is 12.0 Å². The number of ether oxygens (including phenoxy) is 2. The number of likely N-dealkylation sites (tertiary alicyclic amines) is 1. The quantitative estimate of drug-likeness (QED) is 0.115. The number of nitrogens with zero attached hydrogens (tertiary/aromatic N) is 1. The highest BCUT2D eigenvalue weighted by molar-refractivity contribution is 5.92. The van der Waals surface area contributed by atoms with Crippen LogP contribution in [0.1, 0.15) is 111 Å². The average Bonchev–Trinajstić information content (AvgIpc) is 3.52. The van der Waals surface area contributed by atoms with Crippen molar-refractivity contribution in [3.8, 4) is 0 Å². The molecule has 1 saturated heterocycles. The lowest BCUT2D eigenvalue weighted by Gasteiger charge is -2.30. The summed E-state index contributed by atoms with van der Waals surface area (Å²) in [7, 11) is 0. The minimum absolute atomic E-state index is 0.112. The lowest BCUT2D eigenvalue weighted by atomic mass is 9.94. The number of nitrogens with two attached hydrogens (primary N) is 1. The Morgan fingerprint density at radius 1 is 0.958 bits per heavy atom. The predicted molar refractivity (Wildman–Crippen MR) is 188 cm³/mol. The molecule has 268 valence electrons. The van der Waals surface area contributed by atoms with E-state index in [0.717, 1.165) is 44.1 Å². The Bertz CT molecular complexity index is 1190. The minimum atomic E-state index is -0.778. The maximum Gasteiger partial charge on any atom is 0.408 e. The van der Waals surface area contributed by atoms with Gasteiger partial charge in [0.25, 0.3) is 0 Å². The third-order valence-corrected chi connectivity index (χ3v) is 8.84. The molecule has 0 aromatic heterocycles. The van der Waals surface area contributed by atoms with Gasteiger partial charge in [0.2, 0.25) is 11.8 Å². The molecular weight excluding hydrogens is 608 g/mol. The van der Waals surface area contributed by atoms with Crippen molar-refractivity contribution in [2.45, 2.75) is 141 Å². The highest BCUT2D eigenvalue weighted by Gasteiger charge is 2.38. The van der Waals surface area contributed by atoms with Gasteiger partial charge >= 0.3 is 12.1 Å². The van der Waals surface area contributed by atoms with Crippen LogP contribution in [-0.2, 0) is 30.3 Å². The molecule has 2 fully saturated rings. The van der Waals surface area contributed by atoms with Gasteiger partial charge in [0.15, 0.2) is 0 Å². The van der Waals surface area contributed by atoms with Crippen molar-refractivity contribution in [3.05, 3.63) is 48.0 Å². The molecule has 3 amide bonds. The Morgan fingerprint density at radius 3 is 2.31 bits per heavy atom. The summed E-state index contributed by atoms with van der Waals surface area (Å²) in [6.07, 6.45) is 12.2. The van der Waals surface area contributed by atoms with Crippen molar-refractivity contribution in [3.63, 3.8) is 0 Å². The fourth-order valence-corrected chi connectivity index (χ4v) is 6.48. The lowest BCUT2D eigenvalue weighted by Crippen LogP contribution is -2.52. The van der Waals surface area contributed by atoms with E-state index in [1.807, 2.05) is 63.3 Å². The van der Waals surface area contributed by atoms with Crippen molar-refractivity contribution in [2.75, 3.05) is 13.1 Å². The fourth-order valence-electron chi connectivity index (χ4n) is 6.48. The maximum atomic E-state index is 14.3. The van der Waals surface area contributed by atoms with Crippen molar-refractivity contribution in [1.29, 1.82) is 0 Å². The van der Waals surface area contributed by atoms with Gasteiger partial charge in [0.1, 0.15) is 23.8 Å². The van der Waals surface area contributed by atoms with Crippen LogP contribution < -0.4 is 16.4 Å². The summed E-state index contributed by atoms with van der Waals surface area (Å²) in [5.74, 6) is -1.16. The van der Waals surface area contributed by atoms with Gasteiger partial charge in [-0.3, -0.25) is 9.59 Å². The van der Waals surface area contributed by atoms with Gasteiger partial charge in [-0.05, 0) is 109 Å². The normalized spacial score (nSPS) is 19.1. The van der Waals surface area contributed by atoms with Crippen LogP contribution in [0.15, 0.2) is 42.5 Å².